The lowest BCUT2D eigenvalue weighted by Crippen LogP contribution is -2.40. The first-order valence-electron chi connectivity index (χ1n) is 7.49. The zero-order valence-electron chi connectivity index (χ0n) is 12.8. The molecule has 0 aliphatic carbocycles. The number of amides is 1. The molecule has 1 aliphatic rings. The van der Waals surface area contributed by atoms with Gasteiger partial charge in [0, 0.05) is 26.2 Å². The molecule has 1 heterocycles. The molecule has 0 aromatic heterocycles. The number of hydrogen-bond donors (Lipinski definition) is 2. The van der Waals surface area contributed by atoms with Crippen LogP contribution in [0.3, 0.4) is 0 Å². The van der Waals surface area contributed by atoms with E-state index in [1.807, 2.05) is 12.1 Å². The normalized spacial score (nSPS) is 21.0. The molecule has 21 heavy (non-hydrogen) atoms. The van der Waals surface area contributed by atoms with Crippen LogP contribution < -0.4 is 11.1 Å². The highest BCUT2D eigenvalue weighted by atomic mass is 16.5. The smallest absolute Gasteiger partial charge is 0.236 e. The Kier molecular flexibility index (Phi) is 5.73. The van der Waals surface area contributed by atoms with E-state index < -0.39 is 6.04 Å². The standard InChI is InChI=1S/C16H25N3O2/c1-12-10-19(6-7-21-12)11-15-5-3-4-14(8-15)9-18-16(20)13(2)17/h3-5,8,12-13H,6-7,9-11,17H2,1-2H3,(H,18,20)/t12?,13-/m1/s1. The first-order valence-corrected chi connectivity index (χ1v) is 7.49. The molecule has 116 valence electrons. The Hall–Kier alpha value is -1.43. The minimum absolute atomic E-state index is 0.123. The van der Waals surface area contributed by atoms with Gasteiger partial charge in [-0.2, -0.15) is 0 Å². The molecule has 5 nitrogen and oxygen atoms in total. The van der Waals surface area contributed by atoms with Crippen LogP contribution in [0.25, 0.3) is 0 Å². The molecule has 1 aliphatic heterocycles. The molecule has 5 heteroatoms. The summed E-state index contributed by atoms with van der Waals surface area (Å²) in [6.07, 6.45) is 0.298. The third-order valence-corrected chi connectivity index (χ3v) is 3.60. The highest BCUT2D eigenvalue weighted by molar-refractivity contribution is 5.80. The van der Waals surface area contributed by atoms with Gasteiger partial charge in [-0.05, 0) is 25.0 Å². The summed E-state index contributed by atoms with van der Waals surface area (Å²) in [5.74, 6) is -0.123. The summed E-state index contributed by atoms with van der Waals surface area (Å²) in [7, 11) is 0. The lowest BCUT2D eigenvalue weighted by Gasteiger charge is -2.31. The lowest BCUT2D eigenvalue weighted by atomic mass is 10.1. The number of nitrogens with one attached hydrogen (secondary N) is 1. The van der Waals surface area contributed by atoms with Crippen LogP contribution in [-0.2, 0) is 22.6 Å². The molecule has 1 aromatic rings. The topological polar surface area (TPSA) is 67.6 Å². The molecule has 3 N–H and O–H groups in total. The summed E-state index contributed by atoms with van der Waals surface area (Å²) in [5.41, 5.74) is 7.90. The second kappa shape index (κ2) is 7.54. The first-order chi connectivity index (χ1) is 10.0. The minimum atomic E-state index is -0.469. The van der Waals surface area contributed by atoms with Gasteiger partial charge in [0.05, 0.1) is 18.8 Å². The maximum atomic E-state index is 11.5. The van der Waals surface area contributed by atoms with Crippen molar-refractivity contribution in [1.82, 2.24) is 10.2 Å². The van der Waals surface area contributed by atoms with Crippen molar-refractivity contribution in [3.05, 3.63) is 35.4 Å². The zero-order chi connectivity index (χ0) is 15.2. The summed E-state index contributed by atoms with van der Waals surface area (Å²) in [5, 5.41) is 2.84. The minimum Gasteiger partial charge on any atom is -0.376 e. The monoisotopic (exact) mass is 291 g/mol. The SMILES string of the molecule is CC1CN(Cc2cccc(CNC(=O)[C@@H](C)N)c2)CCO1. The Labute approximate surface area is 126 Å². The number of nitrogens with zero attached hydrogens (tertiary/aromatic N) is 1. The van der Waals surface area contributed by atoms with Crippen LogP contribution in [0.15, 0.2) is 24.3 Å². The second-order valence-electron chi connectivity index (χ2n) is 5.74. The highest BCUT2D eigenvalue weighted by Gasteiger charge is 2.16. The number of benzene rings is 1. The predicted molar refractivity (Wildman–Crippen MR) is 82.6 cm³/mol. The Morgan fingerprint density at radius 2 is 2.29 bits per heavy atom. The Bertz CT molecular complexity index is 476. The van der Waals surface area contributed by atoms with Gasteiger partial charge < -0.3 is 15.8 Å². The number of carbonyl (C=O) groups excluding carboxylic acids is 1. The molecule has 1 saturated heterocycles. The van der Waals surface area contributed by atoms with E-state index in [0.717, 1.165) is 31.8 Å². The van der Waals surface area contributed by atoms with Crippen LogP contribution in [0.5, 0.6) is 0 Å². The summed E-state index contributed by atoms with van der Waals surface area (Å²) in [6.45, 7) is 7.96. The number of ether oxygens (including phenoxy) is 1. The largest absolute Gasteiger partial charge is 0.376 e. The van der Waals surface area contributed by atoms with E-state index in [1.54, 1.807) is 6.92 Å². The molecule has 0 saturated carbocycles. The quantitative estimate of drug-likeness (QED) is 0.845. The van der Waals surface area contributed by atoms with Crippen LogP contribution in [0.4, 0.5) is 0 Å². The zero-order valence-corrected chi connectivity index (χ0v) is 12.8. The maximum Gasteiger partial charge on any atom is 0.236 e. The third-order valence-electron chi connectivity index (χ3n) is 3.60. The van der Waals surface area contributed by atoms with E-state index in [1.165, 1.54) is 5.56 Å². The first kappa shape index (κ1) is 15.9. The van der Waals surface area contributed by atoms with Crippen LogP contribution >= 0.6 is 0 Å². The number of nitrogens with two attached hydrogens (primary N) is 1. The Morgan fingerprint density at radius 1 is 1.52 bits per heavy atom. The average Bonchev–Trinajstić information content (AvgIpc) is 2.45. The summed E-state index contributed by atoms with van der Waals surface area (Å²) < 4.78 is 5.56. The molecule has 2 atom stereocenters. The highest BCUT2D eigenvalue weighted by Crippen LogP contribution is 2.12. The van der Waals surface area contributed by atoms with E-state index in [2.05, 4.69) is 29.3 Å². The fourth-order valence-corrected chi connectivity index (χ4v) is 2.48. The summed E-state index contributed by atoms with van der Waals surface area (Å²) >= 11 is 0. The van der Waals surface area contributed by atoms with Crippen LogP contribution in [-0.4, -0.2) is 42.6 Å². The van der Waals surface area contributed by atoms with Crippen molar-refractivity contribution < 1.29 is 9.53 Å². The van der Waals surface area contributed by atoms with Crippen LogP contribution in [0, 0.1) is 0 Å². The van der Waals surface area contributed by atoms with Gasteiger partial charge in [-0.15, -0.1) is 0 Å². The van der Waals surface area contributed by atoms with Gasteiger partial charge >= 0.3 is 0 Å². The maximum absolute atomic E-state index is 11.5. The Balaban J connectivity index is 1.89. The molecule has 1 fully saturated rings. The van der Waals surface area contributed by atoms with E-state index in [0.29, 0.717) is 12.6 Å². The van der Waals surface area contributed by atoms with Gasteiger partial charge in [-0.25, -0.2) is 0 Å². The summed E-state index contributed by atoms with van der Waals surface area (Å²) in [6, 6.07) is 7.85. The molecular formula is C16H25N3O2. The fraction of sp³-hybridized carbons (Fsp3) is 0.562. The van der Waals surface area contributed by atoms with E-state index in [-0.39, 0.29) is 5.91 Å². The van der Waals surface area contributed by atoms with Crippen LogP contribution in [0.1, 0.15) is 25.0 Å². The molecular weight excluding hydrogens is 266 g/mol. The number of carbonyl (C=O) groups is 1. The van der Waals surface area contributed by atoms with Gasteiger partial charge in [0.1, 0.15) is 0 Å². The Morgan fingerprint density at radius 3 is 3.00 bits per heavy atom. The number of rotatable bonds is 5. The van der Waals surface area contributed by atoms with Gasteiger partial charge in [0.2, 0.25) is 5.91 Å². The van der Waals surface area contributed by atoms with Gasteiger partial charge in [-0.3, -0.25) is 9.69 Å². The number of morpholine rings is 1. The van der Waals surface area contributed by atoms with Gasteiger partial charge in [0.15, 0.2) is 0 Å². The van der Waals surface area contributed by atoms with Crippen molar-refractivity contribution in [2.75, 3.05) is 19.7 Å². The molecule has 2 rings (SSSR count). The lowest BCUT2D eigenvalue weighted by molar-refractivity contribution is -0.122. The average molecular weight is 291 g/mol. The van der Waals surface area contributed by atoms with Crippen molar-refractivity contribution in [3.8, 4) is 0 Å². The molecule has 0 radical (unpaired) electrons. The fourth-order valence-electron chi connectivity index (χ4n) is 2.48. The van der Waals surface area contributed by atoms with Gasteiger partial charge in [0.25, 0.3) is 0 Å². The molecule has 0 bridgehead atoms. The predicted octanol–water partition coefficient (Wildman–Crippen LogP) is 0.871. The van der Waals surface area contributed by atoms with Crippen molar-refractivity contribution >= 4 is 5.91 Å². The second-order valence-corrected chi connectivity index (χ2v) is 5.74. The van der Waals surface area contributed by atoms with Crippen molar-refractivity contribution in [2.45, 2.75) is 39.1 Å². The van der Waals surface area contributed by atoms with E-state index >= 15 is 0 Å². The molecule has 1 aromatic carbocycles. The van der Waals surface area contributed by atoms with Crippen molar-refractivity contribution in [2.24, 2.45) is 5.73 Å². The molecule has 1 amide bonds. The van der Waals surface area contributed by atoms with Crippen molar-refractivity contribution in [1.29, 1.82) is 0 Å². The van der Waals surface area contributed by atoms with E-state index in [9.17, 15) is 4.79 Å². The van der Waals surface area contributed by atoms with Crippen molar-refractivity contribution in [3.63, 3.8) is 0 Å². The molecule has 1 unspecified atom stereocenters. The van der Waals surface area contributed by atoms with Gasteiger partial charge in [-0.1, -0.05) is 24.3 Å². The third kappa shape index (κ3) is 5.12. The summed E-state index contributed by atoms with van der Waals surface area (Å²) in [4.78, 5) is 13.9. The molecule has 0 spiro atoms. The number of hydrogen-bond acceptors (Lipinski definition) is 4. The van der Waals surface area contributed by atoms with E-state index in [4.69, 9.17) is 10.5 Å². The van der Waals surface area contributed by atoms with Crippen LogP contribution in [0.2, 0.25) is 0 Å².